The van der Waals surface area contributed by atoms with Gasteiger partial charge in [-0.1, -0.05) is 13.3 Å². The van der Waals surface area contributed by atoms with Crippen molar-refractivity contribution in [2.75, 3.05) is 19.3 Å². The minimum Gasteiger partial charge on any atom is -0.316 e. The molecule has 110 valence electrons. The molecule has 0 aromatic rings. The van der Waals surface area contributed by atoms with Gasteiger partial charge in [-0.05, 0) is 38.6 Å². The van der Waals surface area contributed by atoms with E-state index in [9.17, 15) is 13.2 Å². The molecule has 19 heavy (non-hydrogen) atoms. The van der Waals surface area contributed by atoms with E-state index in [0.29, 0.717) is 12.2 Å². The zero-order valence-electron chi connectivity index (χ0n) is 11.9. The highest BCUT2D eigenvalue weighted by Gasteiger charge is 2.44. The van der Waals surface area contributed by atoms with Crippen molar-refractivity contribution in [1.82, 2.24) is 5.32 Å². The lowest BCUT2D eigenvalue weighted by molar-refractivity contribution is -0.133. The minimum atomic E-state index is -3.01. The van der Waals surface area contributed by atoms with Gasteiger partial charge in [0.1, 0.15) is 15.6 Å². The molecule has 0 spiro atoms. The van der Waals surface area contributed by atoms with Crippen LogP contribution in [-0.2, 0) is 14.6 Å². The number of carbonyl (C=O) groups is 1. The molecule has 3 atom stereocenters. The molecule has 0 amide bonds. The fraction of sp³-hybridized carbons (Fsp3) is 0.929. The number of carbonyl (C=O) groups excluding carboxylic acids is 1. The number of sulfone groups is 1. The van der Waals surface area contributed by atoms with E-state index in [2.05, 4.69) is 12.2 Å². The fourth-order valence-corrected chi connectivity index (χ4v) is 4.81. The lowest BCUT2D eigenvalue weighted by Gasteiger charge is -2.34. The number of rotatable bonds is 4. The lowest BCUT2D eigenvalue weighted by atomic mass is 9.71. The second-order valence-corrected chi connectivity index (χ2v) is 8.57. The summed E-state index contributed by atoms with van der Waals surface area (Å²) in [5, 5.41) is 2.98. The van der Waals surface area contributed by atoms with Crippen molar-refractivity contribution < 1.29 is 13.2 Å². The average molecular weight is 287 g/mol. The van der Waals surface area contributed by atoms with Crippen molar-refractivity contribution in [3.8, 4) is 0 Å². The first-order valence-corrected chi connectivity index (χ1v) is 9.28. The highest BCUT2D eigenvalue weighted by Crippen LogP contribution is 2.39. The third-order valence-electron chi connectivity index (χ3n) is 5.05. The molecule has 2 rings (SSSR count). The number of ketones is 1. The number of hydrogen-bond donors (Lipinski definition) is 1. The minimum absolute atomic E-state index is 0.0478. The molecular weight excluding hydrogens is 262 g/mol. The van der Waals surface area contributed by atoms with Gasteiger partial charge in [0.05, 0.1) is 5.25 Å². The molecule has 1 N–H and O–H groups in total. The zero-order chi connectivity index (χ0) is 14.1. The van der Waals surface area contributed by atoms with E-state index in [4.69, 9.17) is 0 Å². The van der Waals surface area contributed by atoms with Crippen LogP contribution in [0.25, 0.3) is 0 Å². The molecule has 0 aromatic carbocycles. The van der Waals surface area contributed by atoms with Gasteiger partial charge >= 0.3 is 0 Å². The van der Waals surface area contributed by atoms with Gasteiger partial charge in [0.15, 0.2) is 0 Å². The molecule has 1 heterocycles. The Hall–Kier alpha value is -0.420. The van der Waals surface area contributed by atoms with Gasteiger partial charge in [0, 0.05) is 24.1 Å². The number of nitrogens with one attached hydrogen (secondary N) is 1. The summed E-state index contributed by atoms with van der Waals surface area (Å²) in [6.45, 7) is 3.74. The monoisotopic (exact) mass is 287 g/mol. The average Bonchev–Trinajstić information content (AvgIpc) is 2.87. The van der Waals surface area contributed by atoms with E-state index in [1.807, 2.05) is 0 Å². The predicted octanol–water partition coefficient (Wildman–Crippen LogP) is 1.55. The van der Waals surface area contributed by atoms with Crippen molar-refractivity contribution in [2.45, 2.75) is 50.7 Å². The van der Waals surface area contributed by atoms with Crippen LogP contribution in [-0.4, -0.2) is 38.8 Å². The van der Waals surface area contributed by atoms with E-state index in [-0.39, 0.29) is 16.6 Å². The normalized spacial score (nSPS) is 36.3. The first-order valence-electron chi connectivity index (χ1n) is 7.33. The fourth-order valence-electron chi connectivity index (χ4n) is 3.64. The van der Waals surface area contributed by atoms with Gasteiger partial charge in [0.2, 0.25) is 0 Å². The largest absolute Gasteiger partial charge is 0.316 e. The molecule has 0 radical (unpaired) electrons. The quantitative estimate of drug-likeness (QED) is 0.852. The van der Waals surface area contributed by atoms with Crippen LogP contribution in [0.1, 0.15) is 45.4 Å². The molecule has 2 fully saturated rings. The maximum absolute atomic E-state index is 12.8. The second-order valence-electron chi connectivity index (χ2n) is 6.24. The second kappa shape index (κ2) is 5.52. The van der Waals surface area contributed by atoms with Gasteiger partial charge < -0.3 is 5.32 Å². The third kappa shape index (κ3) is 3.02. The van der Waals surface area contributed by atoms with E-state index in [1.165, 1.54) is 6.26 Å². The Balaban J connectivity index is 2.11. The summed E-state index contributed by atoms with van der Waals surface area (Å²) in [5.74, 6) is 0.265. The summed E-state index contributed by atoms with van der Waals surface area (Å²) in [6, 6.07) is 0. The van der Waals surface area contributed by atoms with E-state index in [0.717, 1.165) is 45.2 Å². The Morgan fingerprint density at radius 3 is 2.63 bits per heavy atom. The summed E-state index contributed by atoms with van der Waals surface area (Å²) in [6.07, 6.45) is 6.06. The van der Waals surface area contributed by atoms with Crippen LogP contribution in [0.5, 0.6) is 0 Å². The van der Waals surface area contributed by atoms with Crippen molar-refractivity contribution in [2.24, 2.45) is 11.3 Å². The van der Waals surface area contributed by atoms with Gasteiger partial charge in [-0.15, -0.1) is 0 Å². The summed E-state index contributed by atoms with van der Waals surface area (Å²) >= 11 is 0. The Kier molecular flexibility index (Phi) is 4.35. The topological polar surface area (TPSA) is 63.2 Å². The van der Waals surface area contributed by atoms with Crippen LogP contribution >= 0.6 is 0 Å². The van der Waals surface area contributed by atoms with E-state index >= 15 is 0 Å². The molecule has 0 aromatic heterocycles. The van der Waals surface area contributed by atoms with Crippen molar-refractivity contribution in [3.63, 3.8) is 0 Å². The molecule has 4 nitrogen and oxygen atoms in total. The van der Waals surface area contributed by atoms with Crippen LogP contribution in [0.4, 0.5) is 0 Å². The molecule has 1 aliphatic heterocycles. The van der Waals surface area contributed by atoms with Gasteiger partial charge in [-0.3, -0.25) is 4.79 Å². The van der Waals surface area contributed by atoms with Gasteiger partial charge in [-0.2, -0.15) is 0 Å². The lowest BCUT2D eigenvalue weighted by Crippen LogP contribution is -2.41. The smallest absolute Gasteiger partial charge is 0.150 e. The molecule has 1 aliphatic carbocycles. The van der Waals surface area contributed by atoms with Crippen LogP contribution in [0.2, 0.25) is 0 Å². The molecule has 5 heteroatoms. The van der Waals surface area contributed by atoms with E-state index in [1.54, 1.807) is 0 Å². The summed E-state index contributed by atoms with van der Waals surface area (Å²) in [7, 11) is -3.01. The summed E-state index contributed by atoms with van der Waals surface area (Å²) in [5.41, 5.74) is -0.232. The Bertz CT molecular complexity index is 438. The van der Waals surface area contributed by atoms with Crippen LogP contribution in [0.15, 0.2) is 0 Å². The first-order chi connectivity index (χ1) is 8.89. The molecular formula is C14H25NO3S. The van der Waals surface area contributed by atoms with Crippen molar-refractivity contribution in [3.05, 3.63) is 0 Å². The molecule has 2 aliphatic rings. The van der Waals surface area contributed by atoms with Crippen molar-refractivity contribution in [1.29, 1.82) is 0 Å². The van der Waals surface area contributed by atoms with Crippen LogP contribution in [0.3, 0.4) is 0 Å². The molecule has 0 bridgehead atoms. The maximum Gasteiger partial charge on any atom is 0.150 e. The number of hydrogen-bond acceptors (Lipinski definition) is 4. The Morgan fingerprint density at radius 1 is 1.37 bits per heavy atom. The van der Waals surface area contributed by atoms with Crippen LogP contribution < -0.4 is 5.32 Å². The summed E-state index contributed by atoms with van der Waals surface area (Å²) < 4.78 is 23.4. The highest BCUT2D eigenvalue weighted by atomic mass is 32.2. The Labute approximate surface area is 116 Å². The molecule has 3 unspecified atom stereocenters. The summed E-state index contributed by atoms with van der Waals surface area (Å²) in [4.78, 5) is 12.8. The standard InChI is InChI=1S/C14H25NO3S/c1-3-14(7-8-15-10-14)13(16)11-5-4-6-12(9-11)19(2,17)18/h11-12,15H,3-10H2,1-2H3. The van der Waals surface area contributed by atoms with Crippen molar-refractivity contribution >= 4 is 15.6 Å². The Morgan fingerprint density at radius 2 is 2.11 bits per heavy atom. The number of Topliss-reactive ketones (excluding diaryl/α,β-unsaturated/α-hetero) is 1. The highest BCUT2D eigenvalue weighted by molar-refractivity contribution is 7.91. The van der Waals surface area contributed by atoms with Crippen LogP contribution in [0, 0.1) is 11.3 Å². The molecule has 1 saturated heterocycles. The van der Waals surface area contributed by atoms with E-state index < -0.39 is 9.84 Å². The maximum atomic E-state index is 12.8. The molecule has 1 saturated carbocycles. The third-order valence-corrected chi connectivity index (χ3v) is 6.68. The SMILES string of the molecule is CCC1(C(=O)C2CCCC(S(C)(=O)=O)C2)CCNC1. The zero-order valence-corrected chi connectivity index (χ0v) is 12.8. The predicted molar refractivity (Wildman–Crippen MR) is 75.8 cm³/mol. The van der Waals surface area contributed by atoms with Gasteiger partial charge in [0.25, 0.3) is 0 Å². The van der Waals surface area contributed by atoms with Gasteiger partial charge in [-0.25, -0.2) is 8.42 Å². The first kappa shape index (κ1) is 15.0.